The molecule has 1 heterocycles. The Labute approximate surface area is 147 Å². The minimum Gasteiger partial charge on any atom is -0.452 e. The predicted molar refractivity (Wildman–Crippen MR) is 94.3 cm³/mol. The maximum absolute atomic E-state index is 13.0. The van der Waals surface area contributed by atoms with E-state index in [0.717, 1.165) is 25.9 Å². The molecule has 0 unspecified atom stereocenters. The number of amides is 1. The van der Waals surface area contributed by atoms with Crippen molar-refractivity contribution in [1.29, 1.82) is 0 Å². The first-order valence-corrected chi connectivity index (χ1v) is 8.58. The Kier molecular flexibility index (Phi) is 7.13. The third-order valence-electron chi connectivity index (χ3n) is 4.23. The molecule has 0 atom stereocenters. The number of benzene rings is 1. The fraction of sp³-hybridized carbons (Fsp3) is 0.474. The summed E-state index contributed by atoms with van der Waals surface area (Å²) in [6.07, 6.45) is 4.43. The zero-order valence-corrected chi connectivity index (χ0v) is 14.7. The predicted octanol–water partition coefficient (Wildman–Crippen LogP) is 2.37. The van der Waals surface area contributed by atoms with Crippen LogP contribution in [-0.2, 0) is 14.3 Å². The summed E-state index contributed by atoms with van der Waals surface area (Å²) < 4.78 is 17.9. The van der Waals surface area contributed by atoms with E-state index in [0.29, 0.717) is 11.6 Å². The van der Waals surface area contributed by atoms with Crippen molar-refractivity contribution in [3.05, 3.63) is 41.7 Å². The summed E-state index contributed by atoms with van der Waals surface area (Å²) in [5.41, 5.74) is 0.554. The molecule has 0 aliphatic carbocycles. The number of rotatable bonds is 6. The largest absolute Gasteiger partial charge is 0.452 e. The Hall–Kier alpha value is -2.21. The summed E-state index contributed by atoms with van der Waals surface area (Å²) in [6, 6.07) is 6.50. The van der Waals surface area contributed by atoms with Gasteiger partial charge in [-0.25, -0.2) is 9.18 Å². The molecule has 136 valence electrons. The maximum atomic E-state index is 13.0. The normalized spacial score (nSPS) is 16.3. The molecule has 0 radical (unpaired) electrons. The molecule has 6 heteroatoms. The number of carbonyl (C=O) groups is 2. The molecule has 1 fully saturated rings. The monoisotopic (exact) mass is 348 g/mol. The van der Waals surface area contributed by atoms with Crippen LogP contribution in [0.1, 0.15) is 32.3 Å². The molecule has 25 heavy (non-hydrogen) atoms. The average molecular weight is 348 g/mol. The molecular weight excluding hydrogens is 323 g/mol. The van der Waals surface area contributed by atoms with Crippen LogP contribution in [0, 0.1) is 5.82 Å². The second-order valence-electron chi connectivity index (χ2n) is 6.47. The first-order chi connectivity index (χ1) is 11.9. The topological polar surface area (TPSA) is 58.6 Å². The van der Waals surface area contributed by atoms with Crippen molar-refractivity contribution in [1.82, 2.24) is 10.2 Å². The highest BCUT2D eigenvalue weighted by molar-refractivity contribution is 5.89. The third kappa shape index (κ3) is 6.66. The lowest BCUT2D eigenvalue weighted by Crippen LogP contribution is -2.47. The lowest BCUT2D eigenvalue weighted by atomic mass is 10.0. The number of likely N-dealkylation sites (tertiary alicyclic amines) is 1. The highest BCUT2D eigenvalue weighted by Crippen LogP contribution is 2.12. The van der Waals surface area contributed by atoms with Crippen LogP contribution in [0.4, 0.5) is 4.39 Å². The van der Waals surface area contributed by atoms with Crippen LogP contribution in [0.15, 0.2) is 30.3 Å². The average Bonchev–Trinajstić information content (AvgIpc) is 2.58. The third-order valence-corrected chi connectivity index (χ3v) is 4.23. The van der Waals surface area contributed by atoms with Crippen molar-refractivity contribution in [3.63, 3.8) is 0 Å². The molecule has 5 nitrogen and oxygen atoms in total. The number of nitrogens with one attached hydrogen (secondary N) is 1. The lowest BCUT2D eigenvalue weighted by Gasteiger charge is -2.34. The van der Waals surface area contributed by atoms with E-state index in [1.165, 1.54) is 24.3 Å². The van der Waals surface area contributed by atoms with Crippen LogP contribution >= 0.6 is 0 Å². The summed E-state index contributed by atoms with van der Waals surface area (Å²) in [7, 11) is 0. The Morgan fingerprint density at radius 2 is 2.08 bits per heavy atom. The van der Waals surface area contributed by atoms with Crippen molar-refractivity contribution in [3.8, 4) is 0 Å². The van der Waals surface area contributed by atoms with Gasteiger partial charge in [0.25, 0.3) is 5.91 Å². The maximum Gasteiger partial charge on any atom is 0.331 e. The Balaban J connectivity index is 1.68. The zero-order valence-electron chi connectivity index (χ0n) is 14.7. The van der Waals surface area contributed by atoms with E-state index in [-0.39, 0.29) is 24.4 Å². The van der Waals surface area contributed by atoms with Crippen LogP contribution in [0.25, 0.3) is 6.08 Å². The minimum atomic E-state index is -0.631. The SMILES string of the molecule is CC(C)N1CCC(NC(=O)COC(=O)C=Cc2cccc(F)c2)CC1. The fourth-order valence-electron chi connectivity index (χ4n) is 2.79. The van der Waals surface area contributed by atoms with Gasteiger partial charge in [-0.05, 0) is 50.5 Å². The van der Waals surface area contributed by atoms with Gasteiger partial charge in [-0.3, -0.25) is 4.79 Å². The molecule has 0 spiro atoms. The molecular formula is C19H25FN2O3. The lowest BCUT2D eigenvalue weighted by molar-refractivity contribution is -0.144. The van der Waals surface area contributed by atoms with Crippen molar-refractivity contribution in [2.75, 3.05) is 19.7 Å². The Bertz CT molecular complexity index is 623. The van der Waals surface area contributed by atoms with Gasteiger partial charge in [0, 0.05) is 31.2 Å². The number of hydrogen-bond acceptors (Lipinski definition) is 4. The van der Waals surface area contributed by atoms with Gasteiger partial charge < -0.3 is 15.0 Å². The smallest absolute Gasteiger partial charge is 0.331 e. The van der Waals surface area contributed by atoms with Crippen molar-refractivity contribution in [2.45, 2.75) is 38.8 Å². The van der Waals surface area contributed by atoms with Gasteiger partial charge in [-0.1, -0.05) is 12.1 Å². The van der Waals surface area contributed by atoms with E-state index >= 15 is 0 Å². The number of hydrogen-bond donors (Lipinski definition) is 1. The number of piperidine rings is 1. The van der Waals surface area contributed by atoms with Crippen LogP contribution in [0.3, 0.4) is 0 Å². The quantitative estimate of drug-likeness (QED) is 0.633. The summed E-state index contributed by atoms with van der Waals surface area (Å²) in [5.74, 6) is -1.30. The fourth-order valence-corrected chi connectivity index (χ4v) is 2.79. The highest BCUT2D eigenvalue weighted by Gasteiger charge is 2.22. The van der Waals surface area contributed by atoms with Gasteiger partial charge in [-0.2, -0.15) is 0 Å². The van der Waals surface area contributed by atoms with Crippen LogP contribution in [0.5, 0.6) is 0 Å². The minimum absolute atomic E-state index is 0.129. The van der Waals surface area contributed by atoms with Gasteiger partial charge >= 0.3 is 5.97 Å². The second kappa shape index (κ2) is 9.32. The Morgan fingerprint density at radius 3 is 2.72 bits per heavy atom. The van der Waals surface area contributed by atoms with Crippen LogP contribution in [0.2, 0.25) is 0 Å². The molecule has 1 aromatic carbocycles. The zero-order chi connectivity index (χ0) is 18.2. The van der Waals surface area contributed by atoms with Crippen LogP contribution in [-0.4, -0.2) is 48.6 Å². The van der Waals surface area contributed by atoms with Crippen LogP contribution < -0.4 is 5.32 Å². The van der Waals surface area contributed by atoms with E-state index in [1.807, 2.05) is 0 Å². The Morgan fingerprint density at radius 1 is 1.36 bits per heavy atom. The molecule has 1 aromatic rings. The van der Waals surface area contributed by atoms with Gasteiger partial charge in [0.2, 0.25) is 0 Å². The van der Waals surface area contributed by atoms with E-state index < -0.39 is 5.97 Å². The molecule has 1 saturated heterocycles. The van der Waals surface area contributed by atoms with Crippen molar-refractivity contribution < 1.29 is 18.7 Å². The van der Waals surface area contributed by atoms with E-state index in [9.17, 15) is 14.0 Å². The molecule has 1 aliphatic heterocycles. The summed E-state index contributed by atoms with van der Waals surface area (Å²) in [6.45, 7) is 5.93. The van der Waals surface area contributed by atoms with Gasteiger partial charge in [0.1, 0.15) is 5.82 Å². The standard InChI is InChI=1S/C19H25FN2O3/c1-14(2)22-10-8-17(9-11-22)21-18(23)13-25-19(24)7-6-15-4-3-5-16(20)12-15/h3-7,12,14,17H,8-11,13H2,1-2H3,(H,21,23). The molecule has 0 aromatic heterocycles. The van der Waals surface area contributed by atoms with E-state index in [1.54, 1.807) is 12.1 Å². The molecule has 2 rings (SSSR count). The number of nitrogens with zero attached hydrogens (tertiary/aromatic N) is 1. The number of halogens is 1. The summed E-state index contributed by atoms with van der Waals surface area (Å²) in [4.78, 5) is 25.9. The van der Waals surface area contributed by atoms with Gasteiger partial charge in [0.15, 0.2) is 6.61 Å². The summed E-state index contributed by atoms with van der Waals surface area (Å²) >= 11 is 0. The number of ether oxygens (including phenoxy) is 1. The van der Waals surface area contributed by atoms with Crippen molar-refractivity contribution in [2.24, 2.45) is 0 Å². The molecule has 1 amide bonds. The van der Waals surface area contributed by atoms with E-state index in [4.69, 9.17) is 4.74 Å². The number of esters is 1. The van der Waals surface area contributed by atoms with Gasteiger partial charge in [-0.15, -0.1) is 0 Å². The molecule has 1 aliphatic rings. The van der Waals surface area contributed by atoms with E-state index in [2.05, 4.69) is 24.1 Å². The second-order valence-corrected chi connectivity index (χ2v) is 6.47. The highest BCUT2D eigenvalue weighted by atomic mass is 19.1. The van der Waals surface area contributed by atoms with Crippen molar-refractivity contribution >= 4 is 18.0 Å². The first-order valence-electron chi connectivity index (χ1n) is 8.58. The van der Waals surface area contributed by atoms with Gasteiger partial charge in [0.05, 0.1) is 0 Å². The molecule has 0 saturated carbocycles. The first kappa shape index (κ1) is 19.1. The molecule has 1 N–H and O–H groups in total. The molecule has 0 bridgehead atoms. The number of carbonyl (C=O) groups excluding carboxylic acids is 2. The summed E-state index contributed by atoms with van der Waals surface area (Å²) in [5, 5.41) is 2.90.